The molecule has 0 bridgehead atoms. The van der Waals surface area contributed by atoms with Crippen LogP contribution in [0.15, 0.2) is 58.9 Å². The lowest BCUT2D eigenvalue weighted by molar-refractivity contribution is -0.120. The van der Waals surface area contributed by atoms with Gasteiger partial charge in [0.1, 0.15) is 5.25 Å². The normalized spacial score (nSPS) is 14.6. The van der Waals surface area contributed by atoms with E-state index in [0.29, 0.717) is 16.2 Å². The van der Waals surface area contributed by atoms with Crippen LogP contribution in [0, 0.1) is 0 Å². The average Bonchev–Trinajstić information content (AvgIpc) is 3.37. The van der Waals surface area contributed by atoms with Gasteiger partial charge in [0.15, 0.2) is 4.34 Å². The van der Waals surface area contributed by atoms with E-state index in [1.165, 1.54) is 23.1 Å². The standard InChI is InChI=1S/C19H17ClN4OS2/c20-13-7-4-8-15(11-13)22-18-23-24-19(27-18)26-16(12-5-2-1-3-6-12)17(25)21-14-9-10-14/h1-8,11,14,16H,9-10H2,(H,21,25)(H,22,23)/t16-/m1/s1. The number of halogens is 1. The van der Waals surface area contributed by atoms with Gasteiger partial charge in [0.2, 0.25) is 11.0 Å². The fourth-order valence-corrected chi connectivity index (χ4v) is 4.67. The third-order valence-corrected chi connectivity index (χ3v) is 6.38. The predicted octanol–water partition coefficient (Wildman–Crippen LogP) is 5.05. The van der Waals surface area contributed by atoms with Crippen molar-refractivity contribution >= 4 is 51.4 Å². The van der Waals surface area contributed by atoms with Gasteiger partial charge in [0, 0.05) is 16.8 Å². The number of hydrogen-bond donors (Lipinski definition) is 2. The smallest absolute Gasteiger partial charge is 0.238 e. The van der Waals surface area contributed by atoms with E-state index in [2.05, 4.69) is 20.8 Å². The Morgan fingerprint density at radius 2 is 1.96 bits per heavy atom. The zero-order valence-corrected chi connectivity index (χ0v) is 16.7. The van der Waals surface area contributed by atoms with Crippen LogP contribution in [-0.2, 0) is 4.79 Å². The predicted molar refractivity (Wildman–Crippen MR) is 111 cm³/mol. The van der Waals surface area contributed by atoms with Gasteiger partial charge in [-0.3, -0.25) is 4.79 Å². The second-order valence-electron chi connectivity index (χ2n) is 6.20. The third-order valence-electron chi connectivity index (χ3n) is 3.97. The molecular weight excluding hydrogens is 400 g/mol. The van der Waals surface area contributed by atoms with Crippen molar-refractivity contribution in [3.8, 4) is 0 Å². The van der Waals surface area contributed by atoms with Crippen LogP contribution in [0.4, 0.5) is 10.8 Å². The van der Waals surface area contributed by atoms with Gasteiger partial charge in [-0.05, 0) is 36.6 Å². The molecule has 8 heteroatoms. The summed E-state index contributed by atoms with van der Waals surface area (Å²) in [6.45, 7) is 0. The quantitative estimate of drug-likeness (QED) is 0.527. The van der Waals surface area contributed by atoms with Crippen molar-refractivity contribution in [2.45, 2.75) is 28.5 Å². The Balaban J connectivity index is 1.49. The van der Waals surface area contributed by atoms with Crippen LogP contribution in [0.5, 0.6) is 0 Å². The fourth-order valence-electron chi connectivity index (χ4n) is 2.50. The molecule has 1 fully saturated rings. The van der Waals surface area contributed by atoms with Crippen LogP contribution in [0.2, 0.25) is 5.02 Å². The number of benzene rings is 2. The highest BCUT2D eigenvalue weighted by molar-refractivity contribution is 8.01. The highest BCUT2D eigenvalue weighted by Gasteiger charge is 2.29. The minimum atomic E-state index is -0.348. The van der Waals surface area contributed by atoms with Crippen LogP contribution >= 0.6 is 34.7 Å². The molecule has 2 aromatic carbocycles. The lowest BCUT2D eigenvalue weighted by atomic mass is 10.1. The highest BCUT2D eigenvalue weighted by atomic mass is 35.5. The zero-order chi connectivity index (χ0) is 18.6. The van der Waals surface area contributed by atoms with Crippen molar-refractivity contribution < 1.29 is 4.79 Å². The molecule has 1 aromatic heterocycles. The van der Waals surface area contributed by atoms with Gasteiger partial charge in [-0.2, -0.15) is 0 Å². The van der Waals surface area contributed by atoms with Crippen LogP contribution in [0.25, 0.3) is 0 Å². The average molecular weight is 417 g/mol. The van der Waals surface area contributed by atoms with E-state index in [4.69, 9.17) is 11.6 Å². The molecule has 1 amide bonds. The Kier molecular flexibility index (Phi) is 5.61. The number of carbonyl (C=O) groups excluding carboxylic acids is 1. The highest BCUT2D eigenvalue weighted by Crippen LogP contribution is 2.39. The Bertz CT molecular complexity index is 930. The number of hydrogen-bond acceptors (Lipinski definition) is 6. The van der Waals surface area contributed by atoms with E-state index < -0.39 is 0 Å². The molecule has 0 saturated heterocycles. The molecule has 1 aliphatic rings. The molecule has 1 heterocycles. The molecule has 4 rings (SSSR count). The molecule has 27 heavy (non-hydrogen) atoms. The lowest BCUT2D eigenvalue weighted by Gasteiger charge is -2.15. The van der Waals surface area contributed by atoms with E-state index in [0.717, 1.165) is 28.4 Å². The Morgan fingerprint density at radius 1 is 1.15 bits per heavy atom. The minimum absolute atomic E-state index is 0.0215. The van der Waals surface area contributed by atoms with Gasteiger partial charge in [-0.1, -0.05) is 71.1 Å². The number of amides is 1. The zero-order valence-electron chi connectivity index (χ0n) is 14.3. The van der Waals surface area contributed by atoms with Gasteiger partial charge in [0.05, 0.1) is 0 Å². The number of nitrogens with one attached hydrogen (secondary N) is 2. The number of nitrogens with zero attached hydrogens (tertiary/aromatic N) is 2. The van der Waals surface area contributed by atoms with Crippen LogP contribution in [0.1, 0.15) is 23.7 Å². The molecule has 138 valence electrons. The van der Waals surface area contributed by atoms with Gasteiger partial charge < -0.3 is 10.6 Å². The summed E-state index contributed by atoms with van der Waals surface area (Å²) < 4.78 is 0.735. The second-order valence-corrected chi connectivity index (χ2v) is 8.97. The Labute approximate surface area is 170 Å². The van der Waals surface area contributed by atoms with E-state index in [9.17, 15) is 4.79 Å². The molecule has 3 aromatic rings. The van der Waals surface area contributed by atoms with Crippen molar-refractivity contribution in [2.24, 2.45) is 0 Å². The molecule has 1 atom stereocenters. The van der Waals surface area contributed by atoms with E-state index >= 15 is 0 Å². The maximum Gasteiger partial charge on any atom is 0.238 e. The summed E-state index contributed by atoms with van der Waals surface area (Å²) in [5.41, 5.74) is 1.81. The number of thioether (sulfide) groups is 1. The molecule has 2 N–H and O–H groups in total. The van der Waals surface area contributed by atoms with Crippen LogP contribution in [0.3, 0.4) is 0 Å². The number of rotatable bonds is 7. The monoisotopic (exact) mass is 416 g/mol. The summed E-state index contributed by atoms with van der Waals surface area (Å²) in [6.07, 6.45) is 2.12. The molecule has 0 aliphatic heterocycles. The van der Waals surface area contributed by atoms with Crippen LogP contribution in [-0.4, -0.2) is 22.1 Å². The first kappa shape index (κ1) is 18.3. The molecule has 1 saturated carbocycles. The lowest BCUT2D eigenvalue weighted by Crippen LogP contribution is -2.29. The van der Waals surface area contributed by atoms with Gasteiger partial charge in [-0.15, -0.1) is 10.2 Å². The van der Waals surface area contributed by atoms with Gasteiger partial charge in [-0.25, -0.2) is 0 Å². The first-order valence-corrected chi connectivity index (χ1v) is 10.6. The molecule has 0 spiro atoms. The number of carbonyl (C=O) groups is 1. The summed E-state index contributed by atoms with van der Waals surface area (Å²) in [7, 11) is 0. The first-order valence-electron chi connectivity index (χ1n) is 8.55. The maximum atomic E-state index is 12.7. The van der Waals surface area contributed by atoms with Crippen molar-refractivity contribution in [1.29, 1.82) is 0 Å². The maximum absolute atomic E-state index is 12.7. The van der Waals surface area contributed by atoms with Gasteiger partial charge in [0.25, 0.3) is 0 Å². The van der Waals surface area contributed by atoms with E-state index in [-0.39, 0.29) is 11.2 Å². The summed E-state index contributed by atoms with van der Waals surface area (Å²) in [5.74, 6) is 0.0215. The van der Waals surface area contributed by atoms with Crippen LogP contribution < -0.4 is 10.6 Å². The molecule has 0 radical (unpaired) electrons. The first-order chi connectivity index (χ1) is 13.2. The van der Waals surface area contributed by atoms with Crippen molar-refractivity contribution in [1.82, 2.24) is 15.5 Å². The molecule has 1 aliphatic carbocycles. The summed E-state index contributed by atoms with van der Waals surface area (Å²) in [6, 6.07) is 17.5. The Hall–Kier alpha value is -2.09. The summed E-state index contributed by atoms with van der Waals surface area (Å²) in [4.78, 5) is 12.7. The second kappa shape index (κ2) is 8.29. The van der Waals surface area contributed by atoms with E-state index in [1.807, 2.05) is 54.6 Å². The number of anilines is 2. The van der Waals surface area contributed by atoms with Crippen molar-refractivity contribution in [3.63, 3.8) is 0 Å². The summed E-state index contributed by atoms with van der Waals surface area (Å²) >= 11 is 8.85. The number of aromatic nitrogens is 2. The van der Waals surface area contributed by atoms with Crippen molar-refractivity contribution in [3.05, 3.63) is 65.2 Å². The van der Waals surface area contributed by atoms with Crippen molar-refractivity contribution in [2.75, 3.05) is 5.32 Å². The minimum Gasteiger partial charge on any atom is -0.352 e. The topological polar surface area (TPSA) is 66.9 Å². The Morgan fingerprint density at radius 3 is 2.70 bits per heavy atom. The molecular formula is C19H17ClN4OS2. The third kappa shape index (κ3) is 5.00. The summed E-state index contributed by atoms with van der Waals surface area (Å²) in [5, 5.41) is 15.7. The largest absolute Gasteiger partial charge is 0.352 e. The SMILES string of the molecule is O=C(NC1CC1)[C@H](Sc1nnc(Nc2cccc(Cl)c2)s1)c1ccccc1. The molecule has 0 unspecified atom stereocenters. The van der Waals surface area contributed by atoms with E-state index in [1.54, 1.807) is 0 Å². The fraction of sp³-hybridized carbons (Fsp3) is 0.211. The molecule has 5 nitrogen and oxygen atoms in total. The van der Waals surface area contributed by atoms with Gasteiger partial charge >= 0.3 is 0 Å².